The van der Waals surface area contributed by atoms with Crippen LogP contribution in [0.5, 0.6) is 5.75 Å². The summed E-state index contributed by atoms with van der Waals surface area (Å²) in [4.78, 5) is 2.40. The lowest BCUT2D eigenvalue weighted by Crippen LogP contribution is -2.15. The van der Waals surface area contributed by atoms with Gasteiger partial charge in [0.2, 0.25) is 0 Å². The molecule has 1 heterocycles. The molecule has 110 valence electrons. The van der Waals surface area contributed by atoms with Gasteiger partial charge in [-0.25, -0.2) is 0 Å². The van der Waals surface area contributed by atoms with Gasteiger partial charge in [-0.2, -0.15) is 0 Å². The molecule has 0 bridgehead atoms. The van der Waals surface area contributed by atoms with Crippen LogP contribution in [0.1, 0.15) is 22.3 Å². The minimum Gasteiger partial charge on any atom is -0.497 e. The number of aliphatic hydroxyl groups is 1. The standard InChI is InChI=1S/C17H18BrNO2/c1-21-16-4-2-12(3-5-16)8-19-9-13-6-15(11-20)17(18)7-14(13)10-19/h2-7,20H,8-11H2,1H3. The van der Waals surface area contributed by atoms with Crippen LogP contribution in [-0.2, 0) is 26.2 Å². The molecule has 1 aliphatic rings. The summed E-state index contributed by atoms with van der Waals surface area (Å²) < 4.78 is 6.18. The zero-order valence-corrected chi connectivity index (χ0v) is 13.6. The van der Waals surface area contributed by atoms with Crippen LogP contribution >= 0.6 is 15.9 Å². The number of aliphatic hydroxyl groups excluding tert-OH is 1. The second-order valence-corrected chi connectivity index (χ2v) is 6.22. The van der Waals surface area contributed by atoms with Gasteiger partial charge in [0.25, 0.3) is 0 Å². The summed E-state index contributed by atoms with van der Waals surface area (Å²) in [6, 6.07) is 12.5. The minimum atomic E-state index is 0.0757. The fourth-order valence-electron chi connectivity index (χ4n) is 2.76. The highest BCUT2D eigenvalue weighted by Crippen LogP contribution is 2.30. The molecule has 0 fully saturated rings. The van der Waals surface area contributed by atoms with Crippen molar-refractivity contribution in [2.45, 2.75) is 26.2 Å². The smallest absolute Gasteiger partial charge is 0.118 e. The summed E-state index contributed by atoms with van der Waals surface area (Å²) >= 11 is 3.52. The predicted octanol–water partition coefficient (Wildman–Crippen LogP) is 3.47. The van der Waals surface area contributed by atoms with Crippen LogP contribution in [0, 0.1) is 0 Å². The molecule has 4 heteroatoms. The normalized spacial score (nSPS) is 14.2. The molecule has 0 aromatic heterocycles. The Kier molecular flexibility index (Phi) is 4.29. The highest BCUT2D eigenvalue weighted by Gasteiger charge is 2.20. The summed E-state index contributed by atoms with van der Waals surface area (Å²) in [6.45, 7) is 2.88. The van der Waals surface area contributed by atoms with Crippen LogP contribution in [0.15, 0.2) is 40.9 Å². The molecule has 0 spiro atoms. The van der Waals surface area contributed by atoms with E-state index in [0.717, 1.165) is 35.4 Å². The molecule has 2 aromatic rings. The Morgan fingerprint density at radius 1 is 1.14 bits per heavy atom. The van der Waals surface area contributed by atoms with E-state index in [2.05, 4.69) is 45.1 Å². The van der Waals surface area contributed by atoms with Gasteiger partial charge in [0, 0.05) is 24.1 Å². The molecule has 0 saturated heterocycles. The average molecular weight is 348 g/mol. The van der Waals surface area contributed by atoms with Gasteiger partial charge >= 0.3 is 0 Å². The van der Waals surface area contributed by atoms with E-state index in [1.165, 1.54) is 16.7 Å². The Bertz CT molecular complexity index is 640. The second kappa shape index (κ2) is 6.18. The lowest BCUT2D eigenvalue weighted by atomic mass is 10.1. The van der Waals surface area contributed by atoms with Crippen LogP contribution in [0.25, 0.3) is 0 Å². The predicted molar refractivity (Wildman–Crippen MR) is 86.0 cm³/mol. The molecule has 0 amide bonds. The second-order valence-electron chi connectivity index (χ2n) is 5.36. The number of hydrogen-bond donors (Lipinski definition) is 1. The maximum atomic E-state index is 9.34. The fourth-order valence-corrected chi connectivity index (χ4v) is 3.28. The van der Waals surface area contributed by atoms with Crippen molar-refractivity contribution in [3.8, 4) is 5.75 Å². The summed E-state index contributed by atoms with van der Waals surface area (Å²) in [6.07, 6.45) is 0. The third-order valence-corrected chi connectivity index (χ3v) is 4.63. The number of rotatable bonds is 4. The van der Waals surface area contributed by atoms with Gasteiger partial charge in [-0.3, -0.25) is 4.90 Å². The van der Waals surface area contributed by atoms with Crippen LogP contribution in [0.4, 0.5) is 0 Å². The van der Waals surface area contributed by atoms with E-state index < -0.39 is 0 Å². The highest BCUT2D eigenvalue weighted by atomic mass is 79.9. The number of ether oxygens (including phenoxy) is 1. The maximum absolute atomic E-state index is 9.34. The van der Waals surface area contributed by atoms with Crippen LogP contribution in [0.2, 0.25) is 0 Å². The first-order valence-corrected chi connectivity index (χ1v) is 7.75. The summed E-state index contributed by atoms with van der Waals surface area (Å²) in [5.41, 5.74) is 4.90. The SMILES string of the molecule is COc1ccc(CN2Cc3cc(Br)c(CO)cc3C2)cc1. The quantitative estimate of drug-likeness (QED) is 0.919. The van der Waals surface area contributed by atoms with E-state index in [0.29, 0.717) is 0 Å². The molecule has 1 aliphatic heterocycles. The molecule has 0 unspecified atom stereocenters. The Balaban J connectivity index is 1.72. The van der Waals surface area contributed by atoms with Gasteiger partial charge < -0.3 is 9.84 Å². The average Bonchev–Trinajstić information content (AvgIpc) is 2.88. The first kappa shape index (κ1) is 14.6. The Morgan fingerprint density at radius 2 is 1.81 bits per heavy atom. The van der Waals surface area contributed by atoms with E-state index in [4.69, 9.17) is 4.74 Å². The monoisotopic (exact) mass is 347 g/mol. The summed E-state index contributed by atoms with van der Waals surface area (Å²) in [5, 5.41) is 9.34. The zero-order valence-electron chi connectivity index (χ0n) is 12.0. The molecular formula is C17H18BrNO2. The Labute approximate surface area is 133 Å². The van der Waals surface area contributed by atoms with Gasteiger partial charge in [-0.05, 0) is 40.5 Å². The fraction of sp³-hybridized carbons (Fsp3) is 0.294. The summed E-state index contributed by atoms with van der Waals surface area (Å²) in [7, 11) is 1.68. The largest absolute Gasteiger partial charge is 0.497 e. The zero-order chi connectivity index (χ0) is 14.8. The van der Waals surface area contributed by atoms with Crippen LogP contribution in [-0.4, -0.2) is 17.1 Å². The number of hydrogen-bond acceptors (Lipinski definition) is 3. The Hall–Kier alpha value is -1.36. The van der Waals surface area contributed by atoms with Crippen molar-refractivity contribution in [1.82, 2.24) is 4.90 Å². The lowest BCUT2D eigenvalue weighted by molar-refractivity contribution is 0.274. The van der Waals surface area contributed by atoms with Crippen molar-refractivity contribution in [3.63, 3.8) is 0 Å². The molecule has 0 atom stereocenters. The van der Waals surface area contributed by atoms with Crippen molar-refractivity contribution in [2.75, 3.05) is 7.11 Å². The molecule has 3 nitrogen and oxygen atoms in total. The van der Waals surface area contributed by atoms with Gasteiger partial charge in [-0.1, -0.05) is 34.1 Å². The highest BCUT2D eigenvalue weighted by molar-refractivity contribution is 9.10. The van der Waals surface area contributed by atoms with E-state index in [1.54, 1.807) is 7.11 Å². The molecule has 2 aromatic carbocycles. The minimum absolute atomic E-state index is 0.0757. The Morgan fingerprint density at radius 3 is 2.43 bits per heavy atom. The first-order valence-electron chi connectivity index (χ1n) is 6.96. The number of methoxy groups -OCH3 is 1. The molecular weight excluding hydrogens is 330 g/mol. The number of fused-ring (bicyclic) bond motifs is 1. The number of halogens is 1. The first-order chi connectivity index (χ1) is 10.2. The third kappa shape index (κ3) is 3.12. The molecule has 0 aliphatic carbocycles. The van der Waals surface area contributed by atoms with Crippen molar-refractivity contribution in [2.24, 2.45) is 0 Å². The van der Waals surface area contributed by atoms with Crippen LogP contribution < -0.4 is 4.74 Å². The van der Waals surface area contributed by atoms with Gasteiger partial charge in [0.15, 0.2) is 0 Å². The number of benzene rings is 2. The van der Waals surface area contributed by atoms with E-state index in [9.17, 15) is 5.11 Å². The summed E-state index contributed by atoms with van der Waals surface area (Å²) in [5.74, 6) is 0.889. The maximum Gasteiger partial charge on any atom is 0.118 e. The van der Waals surface area contributed by atoms with E-state index in [1.807, 2.05) is 12.1 Å². The lowest BCUT2D eigenvalue weighted by Gasteiger charge is -2.14. The van der Waals surface area contributed by atoms with Crippen molar-refractivity contribution in [3.05, 3.63) is 63.1 Å². The van der Waals surface area contributed by atoms with Crippen LogP contribution in [0.3, 0.4) is 0 Å². The number of nitrogens with zero attached hydrogens (tertiary/aromatic N) is 1. The molecule has 0 radical (unpaired) electrons. The van der Waals surface area contributed by atoms with E-state index in [-0.39, 0.29) is 6.61 Å². The van der Waals surface area contributed by atoms with Crippen molar-refractivity contribution >= 4 is 15.9 Å². The molecule has 3 rings (SSSR count). The van der Waals surface area contributed by atoms with Gasteiger partial charge in [-0.15, -0.1) is 0 Å². The van der Waals surface area contributed by atoms with Gasteiger partial charge in [0.05, 0.1) is 13.7 Å². The molecule has 1 N–H and O–H groups in total. The topological polar surface area (TPSA) is 32.7 Å². The molecule has 0 saturated carbocycles. The van der Waals surface area contributed by atoms with Crippen molar-refractivity contribution < 1.29 is 9.84 Å². The van der Waals surface area contributed by atoms with E-state index >= 15 is 0 Å². The van der Waals surface area contributed by atoms with Gasteiger partial charge in [0.1, 0.15) is 5.75 Å². The third-order valence-electron chi connectivity index (χ3n) is 3.89. The van der Waals surface area contributed by atoms with Crippen molar-refractivity contribution in [1.29, 1.82) is 0 Å². The molecule has 21 heavy (non-hydrogen) atoms.